The number of halogens is 4. The van der Waals surface area contributed by atoms with Gasteiger partial charge in [0.25, 0.3) is 0 Å². The van der Waals surface area contributed by atoms with Gasteiger partial charge >= 0.3 is 6.18 Å². The standard InChI is InChI=1S/C10H10BrF3O/c1-6-5-7(15-2)3-4-8(6)9(11)10(12,13)14/h3-5,9H,1-2H3. The molecule has 1 nitrogen and oxygen atoms in total. The van der Waals surface area contributed by atoms with Crippen molar-refractivity contribution in [3.05, 3.63) is 29.3 Å². The Morgan fingerprint density at radius 1 is 1.33 bits per heavy atom. The minimum atomic E-state index is -4.28. The summed E-state index contributed by atoms with van der Waals surface area (Å²) >= 11 is 2.64. The Kier molecular flexibility index (Phi) is 3.65. The second-order valence-electron chi connectivity index (χ2n) is 3.13. The van der Waals surface area contributed by atoms with Crippen LogP contribution in [0.2, 0.25) is 0 Å². The molecule has 0 aliphatic carbocycles. The second kappa shape index (κ2) is 4.43. The lowest BCUT2D eigenvalue weighted by Gasteiger charge is -2.16. The van der Waals surface area contributed by atoms with Crippen LogP contribution < -0.4 is 4.74 Å². The first-order valence-electron chi connectivity index (χ1n) is 4.21. The maximum Gasteiger partial charge on any atom is 0.405 e. The van der Waals surface area contributed by atoms with Gasteiger partial charge in [-0.05, 0) is 30.2 Å². The fourth-order valence-corrected chi connectivity index (χ4v) is 1.75. The number of methoxy groups -OCH3 is 1. The smallest absolute Gasteiger partial charge is 0.405 e. The molecule has 15 heavy (non-hydrogen) atoms. The maximum atomic E-state index is 12.4. The summed E-state index contributed by atoms with van der Waals surface area (Å²) in [6.07, 6.45) is -4.28. The summed E-state index contributed by atoms with van der Waals surface area (Å²) in [5.41, 5.74) is 0.761. The van der Waals surface area contributed by atoms with Gasteiger partial charge < -0.3 is 4.74 Å². The molecule has 0 saturated heterocycles. The van der Waals surface area contributed by atoms with E-state index in [1.165, 1.54) is 19.2 Å². The van der Waals surface area contributed by atoms with Crippen molar-refractivity contribution >= 4 is 15.9 Å². The third-order valence-corrected chi connectivity index (χ3v) is 3.05. The summed E-state index contributed by atoms with van der Waals surface area (Å²) in [7, 11) is 1.48. The Morgan fingerprint density at radius 3 is 2.33 bits per heavy atom. The summed E-state index contributed by atoms with van der Waals surface area (Å²) in [5, 5.41) is 0. The topological polar surface area (TPSA) is 9.23 Å². The quantitative estimate of drug-likeness (QED) is 0.745. The Bertz CT molecular complexity index is 349. The average molecular weight is 283 g/mol. The molecule has 1 rings (SSSR count). The minimum absolute atomic E-state index is 0.211. The van der Waals surface area contributed by atoms with Crippen LogP contribution in [0.1, 0.15) is 16.0 Å². The van der Waals surface area contributed by atoms with Gasteiger partial charge in [0.15, 0.2) is 0 Å². The molecule has 0 aromatic heterocycles. The van der Waals surface area contributed by atoms with Crippen LogP contribution in [-0.4, -0.2) is 13.3 Å². The molecule has 0 heterocycles. The van der Waals surface area contributed by atoms with Crippen LogP contribution in [0.25, 0.3) is 0 Å². The van der Waals surface area contributed by atoms with Gasteiger partial charge in [-0.1, -0.05) is 22.0 Å². The summed E-state index contributed by atoms with van der Waals surface area (Å²) in [6, 6.07) is 4.51. The highest BCUT2D eigenvalue weighted by Gasteiger charge is 2.39. The molecular weight excluding hydrogens is 273 g/mol. The summed E-state index contributed by atoms with van der Waals surface area (Å²) in [4.78, 5) is -1.63. The molecule has 0 aliphatic heterocycles. The lowest BCUT2D eigenvalue weighted by Crippen LogP contribution is -2.16. The fourth-order valence-electron chi connectivity index (χ4n) is 1.24. The molecule has 0 spiro atoms. The second-order valence-corrected chi connectivity index (χ2v) is 4.04. The van der Waals surface area contributed by atoms with Crippen LogP contribution in [0.4, 0.5) is 13.2 Å². The van der Waals surface area contributed by atoms with Crippen molar-refractivity contribution in [3.63, 3.8) is 0 Å². The highest BCUT2D eigenvalue weighted by molar-refractivity contribution is 9.09. The van der Waals surface area contributed by atoms with Gasteiger partial charge in [0.05, 0.1) is 7.11 Å². The zero-order chi connectivity index (χ0) is 11.6. The molecule has 1 unspecified atom stereocenters. The molecule has 84 valence electrons. The molecule has 1 aromatic carbocycles. The third-order valence-electron chi connectivity index (χ3n) is 2.04. The zero-order valence-electron chi connectivity index (χ0n) is 8.23. The van der Waals surface area contributed by atoms with Crippen molar-refractivity contribution in [1.29, 1.82) is 0 Å². The van der Waals surface area contributed by atoms with Crippen LogP contribution in [0, 0.1) is 6.92 Å². The predicted molar refractivity (Wildman–Crippen MR) is 55.5 cm³/mol. The summed E-state index contributed by atoms with van der Waals surface area (Å²) in [6.45, 7) is 1.62. The third kappa shape index (κ3) is 2.87. The first-order chi connectivity index (χ1) is 6.86. The largest absolute Gasteiger partial charge is 0.497 e. The van der Waals surface area contributed by atoms with Crippen molar-refractivity contribution in [2.45, 2.75) is 17.9 Å². The van der Waals surface area contributed by atoms with Crippen LogP contribution in [-0.2, 0) is 0 Å². The lowest BCUT2D eigenvalue weighted by atomic mass is 10.1. The Balaban J connectivity index is 3.06. The number of hydrogen-bond donors (Lipinski definition) is 0. The maximum absolute atomic E-state index is 12.4. The Hall–Kier alpha value is -0.710. The highest BCUT2D eigenvalue weighted by Crippen LogP contribution is 2.41. The van der Waals surface area contributed by atoms with Crippen LogP contribution >= 0.6 is 15.9 Å². The fraction of sp³-hybridized carbons (Fsp3) is 0.400. The van der Waals surface area contributed by atoms with Gasteiger partial charge in [0.1, 0.15) is 10.6 Å². The number of hydrogen-bond acceptors (Lipinski definition) is 1. The number of alkyl halides is 4. The normalized spacial score (nSPS) is 13.7. The van der Waals surface area contributed by atoms with E-state index in [-0.39, 0.29) is 5.56 Å². The summed E-state index contributed by atoms with van der Waals surface area (Å²) < 4.78 is 42.2. The average Bonchev–Trinajstić information content (AvgIpc) is 2.15. The molecule has 0 saturated carbocycles. The van der Waals surface area contributed by atoms with Crippen molar-refractivity contribution in [2.75, 3.05) is 7.11 Å². The van der Waals surface area contributed by atoms with E-state index in [1.54, 1.807) is 13.0 Å². The van der Waals surface area contributed by atoms with E-state index in [1.807, 2.05) is 0 Å². The van der Waals surface area contributed by atoms with Crippen molar-refractivity contribution in [1.82, 2.24) is 0 Å². The molecule has 0 aliphatic rings. The number of rotatable bonds is 2. The molecule has 1 atom stereocenters. The van der Waals surface area contributed by atoms with Gasteiger partial charge in [0.2, 0.25) is 0 Å². The first kappa shape index (κ1) is 12.4. The van der Waals surface area contributed by atoms with Crippen LogP contribution in [0.5, 0.6) is 5.75 Å². The van der Waals surface area contributed by atoms with Gasteiger partial charge in [-0.15, -0.1) is 0 Å². The van der Waals surface area contributed by atoms with E-state index in [9.17, 15) is 13.2 Å². The van der Waals surface area contributed by atoms with Gasteiger partial charge in [-0.25, -0.2) is 0 Å². The van der Waals surface area contributed by atoms with Gasteiger partial charge in [-0.2, -0.15) is 13.2 Å². The van der Waals surface area contributed by atoms with Crippen LogP contribution in [0.15, 0.2) is 18.2 Å². The van der Waals surface area contributed by atoms with E-state index >= 15 is 0 Å². The predicted octanol–water partition coefficient (Wildman–Crippen LogP) is 4.00. The lowest BCUT2D eigenvalue weighted by molar-refractivity contribution is -0.128. The van der Waals surface area contributed by atoms with Gasteiger partial charge in [0, 0.05) is 0 Å². The molecule has 0 fully saturated rings. The van der Waals surface area contributed by atoms with Crippen molar-refractivity contribution in [3.8, 4) is 5.75 Å². The van der Waals surface area contributed by atoms with E-state index in [4.69, 9.17) is 4.74 Å². The van der Waals surface area contributed by atoms with Crippen LogP contribution in [0.3, 0.4) is 0 Å². The van der Waals surface area contributed by atoms with E-state index in [0.29, 0.717) is 11.3 Å². The molecular formula is C10H10BrF3O. The Morgan fingerprint density at radius 2 is 1.93 bits per heavy atom. The van der Waals surface area contributed by atoms with E-state index in [0.717, 1.165) is 0 Å². The number of aryl methyl sites for hydroxylation is 1. The number of ether oxygens (including phenoxy) is 1. The molecule has 0 N–H and O–H groups in total. The number of benzene rings is 1. The highest BCUT2D eigenvalue weighted by atomic mass is 79.9. The molecule has 0 amide bonds. The minimum Gasteiger partial charge on any atom is -0.497 e. The van der Waals surface area contributed by atoms with E-state index < -0.39 is 11.0 Å². The summed E-state index contributed by atoms with van der Waals surface area (Å²) in [5.74, 6) is 0.554. The molecule has 0 bridgehead atoms. The molecule has 1 aromatic rings. The molecule has 5 heteroatoms. The first-order valence-corrected chi connectivity index (χ1v) is 5.13. The van der Waals surface area contributed by atoms with Gasteiger partial charge in [-0.3, -0.25) is 0 Å². The zero-order valence-corrected chi connectivity index (χ0v) is 9.82. The monoisotopic (exact) mass is 282 g/mol. The molecule has 0 radical (unpaired) electrons. The van der Waals surface area contributed by atoms with E-state index in [2.05, 4.69) is 15.9 Å². The SMILES string of the molecule is COc1ccc(C(Br)C(F)(F)F)c(C)c1. The van der Waals surface area contributed by atoms with Crippen molar-refractivity contribution < 1.29 is 17.9 Å². The van der Waals surface area contributed by atoms with Crippen molar-refractivity contribution in [2.24, 2.45) is 0 Å². The Labute approximate surface area is 94.4 Å².